The molecular formula is C28H31N3O3. The molecule has 0 aliphatic carbocycles. The average Bonchev–Trinajstić information content (AvgIpc) is 3.29. The Hall–Kier alpha value is -3.22. The van der Waals surface area contributed by atoms with Gasteiger partial charge in [0.2, 0.25) is 0 Å². The summed E-state index contributed by atoms with van der Waals surface area (Å²) in [6.45, 7) is 7.25. The molecule has 34 heavy (non-hydrogen) atoms. The Morgan fingerprint density at radius 3 is 2.50 bits per heavy atom. The minimum atomic E-state index is 0.194. The van der Waals surface area contributed by atoms with Crippen LogP contribution in [0.5, 0.6) is 17.2 Å². The van der Waals surface area contributed by atoms with Crippen LogP contribution in [0, 0.1) is 19.8 Å². The summed E-state index contributed by atoms with van der Waals surface area (Å²) in [7, 11) is 1.72. The SMILES string of the molecule is COc1cccc(CN2CC3C(c4ccc(C)c(C)c4)NNC3c3cc4c(cc32)OCCO4)c1. The van der Waals surface area contributed by atoms with Gasteiger partial charge in [-0.25, -0.2) is 10.9 Å². The molecule has 0 amide bonds. The molecule has 0 aromatic heterocycles. The fraction of sp³-hybridized carbons (Fsp3) is 0.357. The summed E-state index contributed by atoms with van der Waals surface area (Å²) in [5, 5.41) is 0. The molecule has 6 nitrogen and oxygen atoms in total. The number of hydrogen-bond donors (Lipinski definition) is 2. The van der Waals surface area contributed by atoms with E-state index in [1.54, 1.807) is 7.11 Å². The summed E-state index contributed by atoms with van der Waals surface area (Å²) in [6.07, 6.45) is 0. The van der Waals surface area contributed by atoms with E-state index in [4.69, 9.17) is 14.2 Å². The zero-order chi connectivity index (χ0) is 23.2. The molecule has 1 fully saturated rings. The second-order valence-electron chi connectivity index (χ2n) is 9.54. The van der Waals surface area contributed by atoms with E-state index in [1.807, 2.05) is 6.07 Å². The molecule has 0 bridgehead atoms. The third-order valence-electron chi connectivity index (χ3n) is 7.45. The zero-order valence-corrected chi connectivity index (χ0v) is 19.9. The topological polar surface area (TPSA) is 55.0 Å². The summed E-state index contributed by atoms with van der Waals surface area (Å²) >= 11 is 0. The van der Waals surface area contributed by atoms with Crippen LogP contribution in [0.3, 0.4) is 0 Å². The standard InChI is InChI=1S/C28H31N3O3/c1-17-7-8-20(11-18(17)2)27-23-16-31(15-19-5-4-6-21(12-19)32-3)24-14-26-25(33-9-10-34-26)13-22(24)28(23)30-29-27/h4-8,11-14,23,27-30H,9-10,15-16H2,1-3H3. The van der Waals surface area contributed by atoms with Crippen molar-refractivity contribution >= 4 is 5.69 Å². The lowest BCUT2D eigenvalue weighted by Crippen LogP contribution is -2.39. The Balaban J connectivity index is 1.40. The molecule has 2 N–H and O–H groups in total. The highest BCUT2D eigenvalue weighted by atomic mass is 16.6. The number of hydrogen-bond acceptors (Lipinski definition) is 6. The number of hydrazine groups is 1. The second kappa shape index (κ2) is 8.53. The first-order chi connectivity index (χ1) is 16.6. The van der Waals surface area contributed by atoms with Gasteiger partial charge in [-0.2, -0.15) is 0 Å². The number of nitrogens with one attached hydrogen (secondary N) is 2. The Bertz CT molecular complexity index is 1230. The summed E-state index contributed by atoms with van der Waals surface area (Å²) in [4.78, 5) is 2.48. The van der Waals surface area contributed by atoms with Crippen LogP contribution in [-0.2, 0) is 6.54 Å². The molecule has 3 unspecified atom stereocenters. The van der Waals surface area contributed by atoms with Crippen molar-refractivity contribution in [2.75, 3.05) is 31.8 Å². The van der Waals surface area contributed by atoms with Gasteiger partial charge in [0.15, 0.2) is 11.5 Å². The van der Waals surface area contributed by atoms with Crippen LogP contribution in [0.15, 0.2) is 54.6 Å². The van der Waals surface area contributed by atoms with Gasteiger partial charge >= 0.3 is 0 Å². The van der Waals surface area contributed by atoms with Crippen LogP contribution >= 0.6 is 0 Å². The monoisotopic (exact) mass is 457 g/mol. The third-order valence-corrected chi connectivity index (χ3v) is 7.45. The Labute approximate surface area is 200 Å². The van der Waals surface area contributed by atoms with Crippen molar-refractivity contribution in [3.8, 4) is 17.2 Å². The highest BCUT2D eigenvalue weighted by Gasteiger charge is 2.44. The van der Waals surface area contributed by atoms with E-state index in [0.717, 1.165) is 30.3 Å². The first-order valence-corrected chi connectivity index (χ1v) is 12.0. The van der Waals surface area contributed by atoms with E-state index in [2.05, 4.69) is 78.1 Å². The molecule has 0 radical (unpaired) electrons. The first kappa shape index (κ1) is 21.3. The highest BCUT2D eigenvalue weighted by Crippen LogP contribution is 2.49. The molecule has 6 rings (SSSR count). The Morgan fingerprint density at radius 2 is 1.71 bits per heavy atom. The van der Waals surface area contributed by atoms with E-state index < -0.39 is 0 Å². The molecule has 3 aliphatic rings. The maximum atomic E-state index is 5.95. The van der Waals surface area contributed by atoms with Crippen LogP contribution in [0.1, 0.15) is 39.9 Å². The third kappa shape index (κ3) is 3.67. The molecule has 176 valence electrons. The molecule has 1 saturated heterocycles. The number of rotatable bonds is 4. The molecular weight excluding hydrogens is 426 g/mol. The number of anilines is 1. The predicted molar refractivity (Wildman–Crippen MR) is 133 cm³/mol. The van der Waals surface area contributed by atoms with E-state index in [9.17, 15) is 0 Å². The van der Waals surface area contributed by atoms with Crippen LogP contribution in [0.2, 0.25) is 0 Å². The molecule has 3 heterocycles. The van der Waals surface area contributed by atoms with Crippen molar-refractivity contribution in [3.05, 3.63) is 82.4 Å². The maximum absolute atomic E-state index is 5.95. The number of benzene rings is 3. The van der Waals surface area contributed by atoms with Gasteiger partial charge in [0.25, 0.3) is 0 Å². The number of aryl methyl sites for hydroxylation is 2. The van der Waals surface area contributed by atoms with Gasteiger partial charge in [-0.3, -0.25) is 0 Å². The summed E-state index contributed by atoms with van der Waals surface area (Å²) in [5.41, 5.74) is 14.9. The van der Waals surface area contributed by atoms with Gasteiger partial charge in [0.1, 0.15) is 19.0 Å². The number of ether oxygens (including phenoxy) is 3. The van der Waals surface area contributed by atoms with Crippen molar-refractivity contribution in [1.29, 1.82) is 0 Å². The normalized spacial score (nSPS) is 22.8. The van der Waals surface area contributed by atoms with Crippen LogP contribution in [0.25, 0.3) is 0 Å². The first-order valence-electron chi connectivity index (χ1n) is 12.0. The van der Waals surface area contributed by atoms with Crippen molar-refractivity contribution < 1.29 is 14.2 Å². The van der Waals surface area contributed by atoms with E-state index >= 15 is 0 Å². The minimum Gasteiger partial charge on any atom is -0.497 e. The molecule has 3 aromatic carbocycles. The summed E-state index contributed by atoms with van der Waals surface area (Å²) in [6, 6.07) is 19.9. The fourth-order valence-corrected chi connectivity index (χ4v) is 5.50. The van der Waals surface area contributed by atoms with Crippen molar-refractivity contribution in [2.45, 2.75) is 32.5 Å². The number of nitrogens with zero attached hydrogens (tertiary/aromatic N) is 1. The second-order valence-corrected chi connectivity index (χ2v) is 9.54. The molecule has 6 heteroatoms. The van der Waals surface area contributed by atoms with E-state index in [0.29, 0.717) is 19.1 Å². The summed E-state index contributed by atoms with van der Waals surface area (Å²) in [5.74, 6) is 2.91. The van der Waals surface area contributed by atoms with Gasteiger partial charge in [-0.1, -0.05) is 30.3 Å². The predicted octanol–water partition coefficient (Wildman–Crippen LogP) is 4.61. The molecule has 3 aromatic rings. The van der Waals surface area contributed by atoms with Crippen LogP contribution in [-0.4, -0.2) is 26.9 Å². The van der Waals surface area contributed by atoms with E-state index in [-0.39, 0.29) is 12.1 Å². The lowest BCUT2D eigenvalue weighted by atomic mass is 9.81. The quantitative estimate of drug-likeness (QED) is 0.597. The molecule has 3 atom stereocenters. The lowest BCUT2D eigenvalue weighted by molar-refractivity contribution is 0.171. The van der Waals surface area contributed by atoms with E-state index in [1.165, 1.54) is 33.5 Å². The smallest absolute Gasteiger partial charge is 0.163 e. The minimum absolute atomic E-state index is 0.194. The zero-order valence-electron chi connectivity index (χ0n) is 19.9. The summed E-state index contributed by atoms with van der Waals surface area (Å²) < 4.78 is 17.4. The van der Waals surface area contributed by atoms with Gasteiger partial charge in [0.05, 0.1) is 19.2 Å². The van der Waals surface area contributed by atoms with Crippen molar-refractivity contribution in [1.82, 2.24) is 10.9 Å². The Kier molecular flexibility index (Phi) is 5.35. The highest BCUT2D eigenvalue weighted by molar-refractivity contribution is 5.66. The largest absolute Gasteiger partial charge is 0.497 e. The van der Waals surface area contributed by atoms with Gasteiger partial charge in [-0.05, 0) is 59.9 Å². The van der Waals surface area contributed by atoms with Crippen molar-refractivity contribution in [3.63, 3.8) is 0 Å². The molecule has 3 aliphatic heterocycles. The average molecular weight is 458 g/mol. The molecule has 0 spiro atoms. The van der Waals surface area contributed by atoms with Crippen LogP contribution in [0.4, 0.5) is 5.69 Å². The van der Waals surface area contributed by atoms with Gasteiger partial charge in [-0.15, -0.1) is 0 Å². The number of methoxy groups -OCH3 is 1. The van der Waals surface area contributed by atoms with Gasteiger partial charge < -0.3 is 19.1 Å². The maximum Gasteiger partial charge on any atom is 0.163 e. The van der Waals surface area contributed by atoms with Gasteiger partial charge in [0, 0.05) is 30.8 Å². The molecule has 0 saturated carbocycles. The van der Waals surface area contributed by atoms with Crippen molar-refractivity contribution in [2.24, 2.45) is 5.92 Å². The number of fused-ring (bicyclic) bond motifs is 4. The lowest BCUT2D eigenvalue weighted by Gasteiger charge is -2.40. The van der Waals surface area contributed by atoms with Crippen LogP contribution < -0.4 is 30.0 Å². The fourth-order valence-electron chi connectivity index (χ4n) is 5.50. The Morgan fingerprint density at radius 1 is 0.912 bits per heavy atom.